The molecule has 4 saturated carbocycles. The average molecular weight is 289 g/mol. The Morgan fingerprint density at radius 3 is 2.38 bits per heavy atom. The molecule has 2 heteroatoms. The highest BCUT2D eigenvalue weighted by Gasteiger charge is 2.62. The van der Waals surface area contributed by atoms with Crippen molar-refractivity contribution in [2.24, 2.45) is 22.2 Å². The molecule has 4 aliphatic carbocycles. The highest BCUT2D eigenvalue weighted by Crippen LogP contribution is 2.70. The van der Waals surface area contributed by atoms with E-state index in [1.165, 1.54) is 57.1 Å². The second-order valence-electron chi connectivity index (χ2n) is 9.31. The van der Waals surface area contributed by atoms with Crippen LogP contribution in [-0.4, -0.2) is 19.7 Å². The Kier molecular flexibility index (Phi) is 3.03. The zero-order valence-corrected chi connectivity index (χ0v) is 14.0. The van der Waals surface area contributed by atoms with Crippen LogP contribution in [0.5, 0.6) is 0 Å². The zero-order chi connectivity index (χ0) is 14.7. The van der Waals surface area contributed by atoms with Crippen LogP contribution < -0.4 is 5.32 Å². The minimum atomic E-state index is 0.444. The van der Waals surface area contributed by atoms with Gasteiger partial charge in [0.1, 0.15) is 5.76 Å². The summed E-state index contributed by atoms with van der Waals surface area (Å²) in [5.41, 5.74) is 1.61. The minimum Gasteiger partial charge on any atom is -0.497 e. The van der Waals surface area contributed by atoms with Crippen molar-refractivity contribution in [1.82, 2.24) is 5.32 Å². The fraction of sp³-hybridized carbons (Fsp3) is 0.895. The summed E-state index contributed by atoms with van der Waals surface area (Å²) in [4.78, 5) is 0. The molecule has 3 unspecified atom stereocenters. The van der Waals surface area contributed by atoms with Crippen LogP contribution in [-0.2, 0) is 4.74 Å². The quantitative estimate of drug-likeness (QED) is 0.838. The fourth-order valence-electron chi connectivity index (χ4n) is 7.39. The van der Waals surface area contributed by atoms with Crippen LogP contribution in [0, 0.1) is 22.2 Å². The number of hydrogen-bond donors (Lipinski definition) is 1. The highest BCUT2D eigenvalue weighted by molar-refractivity contribution is 5.20. The first-order valence-corrected chi connectivity index (χ1v) is 8.96. The Balaban J connectivity index is 1.70. The Labute approximate surface area is 129 Å². The third kappa shape index (κ3) is 2.17. The molecule has 0 aromatic rings. The molecule has 0 spiro atoms. The van der Waals surface area contributed by atoms with Gasteiger partial charge in [0.2, 0.25) is 0 Å². The predicted molar refractivity (Wildman–Crippen MR) is 86.0 cm³/mol. The molecule has 0 aromatic heterocycles. The molecule has 1 heterocycles. The van der Waals surface area contributed by atoms with Crippen LogP contribution >= 0.6 is 0 Å². The number of likely N-dealkylation sites (N-methyl/N-ethyl adjacent to an activating group) is 1. The van der Waals surface area contributed by atoms with E-state index in [9.17, 15) is 0 Å². The van der Waals surface area contributed by atoms with Crippen LogP contribution in [0.25, 0.3) is 0 Å². The fourth-order valence-corrected chi connectivity index (χ4v) is 7.39. The summed E-state index contributed by atoms with van der Waals surface area (Å²) in [6.07, 6.45) is 13.4. The van der Waals surface area contributed by atoms with Crippen molar-refractivity contribution in [2.75, 3.05) is 13.7 Å². The van der Waals surface area contributed by atoms with E-state index in [1.54, 1.807) is 0 Å². The Bertz CT molecular complexity index is 450. The number of allylic oxidation sites excluding steroid dienone is 1. The van der Waals surface area contributed by atoms with Crippen LogP contribution in [0.3, 0.4) is 0 Å². The van der Waals surface area contributed by atoms with E-state index in [0.717, 1.165) is 12.5 Å². The Morgan fingerprint density at radius 1 is 1.14 bits per heavy atom. The van der Waals surface area contributed by atoms with Crippen molar-refractivity contribution in [3.8, 4) is 0 Å². The van der Waals surface area contributed by atoms with Gasteiger partial charge in [-0.2, -0.15) is 0 Å². The molecule has 118 valence electrons. The molecule has 0 aromatic carbocycles. The van der Waals surface area contributed by atoms with Gasteiger partial charge in [0, 0.05) is 0 Å². The molecular weight excluding hydrogens is 258 g/mol. The first kappa shape index (κ1) is 14.1. The first-order valence-electron chi connectivity index (χ1n) is 8.96. The SMILES string of the molecule is CNC(C1=CCCCO1)C12CC3CC(C)(CC(C)(C3)C1)C2. The van der Waals surface area contributed by atoms with Gasteiger partial charge < -0.3 is 10.1 Å². The molecule has 2 nitrogen and oxygen atoms in total. The van der Waals surface area contributed by atoms with Gasteiger partial charge in [0.25, 0.3) is 0 Å². The molecule has 5 rings (SSSR count). The molecule has 0 radical (unpaired) electrons. The lowest BCUT2D eigenvalue weighted by Crippen LogP contribution is -2.61. The maximum atomic E-state index is 6.08. The third-order valence-corrected chi connectivity index (χ3v) is 6.82. The molecule has 4 bridgehead atoms. The van der Waals surface area contributed by atoms with Crippen molar-refractivity contribution >= 4 is 0 Å². The number of ether oxygens (including phenoxy) is 1. The van der Waals surface area contributed by atoms with Gasteiger partial charge in [-0.05, 0) is 86.7 Å². The van der Waals surface area contributed by atoms with Gasteiger partial charge >= 0.3 is 0 Å². The molecule has 3 atom stereocenters. The van der Waals surface area contributed by atoms with E-state index in [-0.39, 0.29) is 0 Å². The van der Waals surface area contributed by atoms with Crippen LogP contribution in [0.2, 0.25) is 0 Å². The number of rotatable bonds is 3. The highest BCUT2D eigenvalue weighted by atomic mass is 16.5. The molecule has 5 aliphatic rings. The summed E-state index contributed by atoms with van der Waals surface area (Å²) in [7, 11) is 2.15. The minimum absolute atomic E-state index is 0.444. The van der Waals surface area contributed by atoms with E-state index in [0.29, 0.717) is 22.3 Å². The largest absolute Gasteiger partial charge is 0.497 e. The Morgan fingerprint density at radius 2 is 1.86 bits per heavy atom. The van der Waals surface area contributed by atoms with Gasteiger partial charge in [0.05, 0.1) is 12.6 Å². The van der Waals surface area contributed by atoms with Gasteiger partial charge in [0.15, 0.2) is 0 Å². The zero-order valence-electron chi connectivity index (χ0n) is 14.0. The van der Waals surface area contributed by atoms with Gasteiger partial charge in [-0.15, -0.1) is 0 Å². The number of hydrogen-bond acceptors (Lipinski definition) is 2. The van der Waals surface area contributed by atoms with Gasteiger partial charge in [-0.25, -0.2) is 0 Å². The molecule has 21 heavy (non-hydrogen) atoms. The van der Waals surface area contributed by atoms with Crippen molar-refractivity contribution in [3.05, 3.63) is 11.8 Å². The van der Waals surface area contributed by atoms with Crippen LogP contribution in [0.1, 0.15) is 65.2 Å². The molecule has 1 N–H and O–H groups in total. The van der Waals surface area contributed by atoms with Crippen LogP contribution in [0.15, 0.2) is 11.8 Å². The van der Waals surface area contributed by atoms with E-state index in [1.807, 2.05) is 0 Å². The molecule has 0 amide bonds. The van der Waals surface area contributed by atoms with Crippen LogP contribution in [0.4, 0.5) is 0 Å². The summed E-state index contributed by atoms with van der Waals surface area (Å²) in [6, 6.07) is 0.444. The van der Waals surface area contributed by atoms with E-state index in [2.05, 4.69) is 32.3 Å². The monoisotopic (exact) mass is 289 g/mol. The normalized spacial score (nSPS) is 49.7. The van der Waals surface area contributed by atoms with Gasteiger partial charge in [-0.3, -0.25) is 0 Å². The Hall–Kier alpha value is -0.500. The van der Waals surface area contributed by atoms with Crippen molar-refractivity contribution in [2.45, 2.75) is 71.3 Å². The molecule has 1 aliphatic heterocycles. The lowest BCUT2D eigenvalue weighted by molar-refractivity contribution is -0.157. The maximum Gasteiger partial charge on any atom is 0.109 e. The second-order valence-corrected chi connectivity index (χ2v) is 9.31. The summed E-state index contributed by atoms with van der Waals surface area (Å²) in [5.74, 6) is 2.22. The van der Waals surface area contributed by atoms with Crippen molar-refractivity contribution < 1.29 is 4.74 Å². The van der Waals surface area contributed by atoms with Crippen molar-refractivity contribution in [1.29, 1.82) is 0 Å². The summed E-state index contributed by atoms with van der Waals surface area (Å²) in [6.45, 7) is 6.04. The standard InChI is InChI=1S/C19H31NO/c1-17-8-14-9-18(2,11-17)13-19(10-14,12-17)16(20-3)15-6-4-5-7-21-15/h6,14,16,20H,4-5,7-13H2,1-3H3. The first-order chi connectivity index (χ1) is 9.96. The predicted octanol–water partition coefficient (Wildman–Crippen LogP) is 4.27. The topological polar surface area (TPSA) is 21.3 Å². The summed E-state index contributed by atoms with van der Waals surface area (Å²) in [5, 5.41) is 3.67. The summed E-state index contributed by atoms with van der Waals surface area (Å²) >= 11 is 0. The molecular formula is C19H31NO. The smallest absolute Gasteiger partial charge is 0.109 e. The van der Waals surface area contributed by atoms with E-state index < -0.39 is 0 Å². The number of nitrogens with one attached hydrogen (secondary N) is 1. The maximum absolute atomic E-state index is 6.08. The van der Waals surface area contributed by atoms with E-state index >= 15 is 0 Å². The lowest BCUT2D eigenvalue weighted by atomic mass is 9.39. The molecule has 0 saturated heterocycles. The van der Waals surface area contributed by atoms with E-state index in [4.69, 9.17) is 4.74 Å². The molecule has 4 fully saturated rings. The summed E-state index contributed by atoms with van der Waals surface area (Å²) < 4.78 is 6.08. The third-order valence-electron chi connectivity index (χ3n) is 6.82. The average Bonchev–Trinajstić information content (AvgIpc) is 2.36. The second kappa shape index (κ2) is 4.50. The van der Waals surface area contributed by atoms with Crippen molar-refractivity contribution in [3.63, 3.8) is 0 Å². The van der Waals surface area contributed by atoms with Gasteiger partial charge in [-0.1, -0.05) is 13.8 Å². The lowest BCUT2D eigenvalue weighted by Gasteiger charge is -2.67.